The van der Waals surface area contributed by atoms with Crippen molar-refractivity contribution in [3.05, 3.63) is 28.8 Å². The molecule has 1 saturated heterocycles. The standard InChI is InChI=1S/C15H16ClNO3S2/c1-8-11-5-10(16)2-3-14(11)21-15(8)22(19,20)17-6-9-4-13(18)12(9)7-17/h2-3,5,9,12-13,18H,4,6-7H2,1H3/t9-,12+,13+/m1/s1. The van der Waals surface area contributed by atoms with Crippen molar-refractivity contribution in [3.63, 3.8) is 0 Å². The first kappa shape index (κ1) is 14.9. The molecule has 1 aliphatic heterocycles. The summed E-state index contributed by atoms with van der Waals surface area (Å²) in [4.78, 5) is 0. The lowest BCUT2D eigenvalue weighted by molar-refractivity contribution is -0.00416. The van der Waals surface area contributed by atoms with Crippen LogP contribution in [0.4, 0.5) is 0 Å². The Morgan fingerprint density at radius 2 is 2.14 bits per heavy atom. The van der Waals surface area contributed by atoms with Crippen molar-refractivity contribution in [1.29, 1.82) is 0 Å². The summed E-state index contributed by atoms with van der Waals surface area (Å²) in [5.74, 6) is 0.424. The Kier molecular flexibility index (Phi) is 3.33. The van der Waals surface area contributed by atoms with Gasteiger partial charge >= 0.3 is 0 Å². The van der Waals surface area contributed by atoms with Crippen molar-refractivity contribution in [3.8, 4) is 0 Å². The number of sulfonamides is 1. The molecule has 2 aromatic rings. The van der Waals surface area contributed by atoms with Gasteiger partial charge in [-0.25, -0.2) is 8.42 Å². The Bertz CT molecular complexity index is 861. The van der Waals surface area contributed by atoms with Gasteiger partial charge in [0.05, 0.1) is 6.10 Å². The molecule has 1 N–H and O–H groups in total. The molecule has 2 fully saturated rings. The van der Waals surface area contributed by atoms with Gasteiger partial charge in [-0.05, 0) is 48.4 Å². The van der Waals surface area contributed by atoms with E-state index in [-0.39, 0.29) is 12.0 Å². The lowest BCUT2D eigenvalue weighted by Crippen LogP contribution is -2.39. The second-order valence-corrected chi connectivity index (χ2v) is 9.83. The average molecular weight is 358 g/mol. The summed E-state index contributed by atoms with van der Waals surface area (Å²) in [6, 6.07) is 5.47. The van der Waals surface area contributed by atoms with Crippen molar-refractivity contribution in [1.82, 2.24) is 4.31 Å². The zero-order valence-corrected chi connectivity index (χ0v) is 14.4. The molecule has 22 heavy (non-hydrogen) atoms. The van der Waals surface area contributed by atoms with Crippen LogP contribution in [-0.2, 0) is 10.0 Å². The maximum Gasteiger partial charge on any atom is 0.252 e. The predicted molar refractivity (Wildman–Crippen MR) is 87.9 cm³/mol. The summed E-state index contributed by atoms with van der Waals surface area (Å²) in [5, 5.41) is 11.3. The van der Waals surface area contributed by atoms with Gasteiger partial charge in [0.2, 0.25) is 0 Å². The van der Waals surface area contributed by atoms with E-state index in [1.807, 2.05) is 19.1 Å². The van der Waals surface area contributed by atoms with Crippen LogP contribution in [0.2, 0.25) is 5.02 Å². The first-order chi connectivity index (χ1) is 10.4. The Morgan fingerprint density at radius 1 is 1.36 bits per heavy atom. The Balaban J connectivity index is 1.76. The maximum absolute atomic E-state index is 13.0. The number of hydrogen-bond acceptors (Lipinski definition) is 4. The SMILES string of the molecule is Cc1c(S(=O)(=O)N2C[C@H]3C[C@H](O)[C@H]3C2)sc2ccc(Cl)cc12. The van der Waals surface area contributed by atoms with Gasteiger partial charge in [0.1, 0.15) is 4.21 Å². The molecule has 7 heteroatoms. The van der Waals surface area contributed by atoms with Crippen LogP contribution >= 0.6 is 22.9 Å². The number of benzene rings is 1. The van der Waals surface area contributed by atoms with Gasteiger partial charge in [0.25, 0.3) is 10.0 Å². The molecule has 118 valence electrons. The van der Waals surface area contributed by atoms with Crippen LogP contribution in [0, 0.1) is 18.8 Å². The third-order valence-electron chi connectivity index (χ3n) is 4.93. The Labute approximate surface area is 138 Å². The van der Waals surface area contributed by atoms with Gasteiger partial charge in [-0.2, -0.15) is 4.31 Å². The minimum atomic E-state index is -3.50. The molecular weight excluding hydrogens is 342 g/mol. The van der Waals surface area contributed by atoms with Crippen LogP contribution in [0.25, 0.3) is 10.1 Å². The van der Waals surface area contributed by atoms with Gasteiger partial charge in [-0.3, -0.25) is 0 Å². The van der Waals surface area contributed by atoms with Crippen molar-refractivity contribution < 1.29 is 13.5 Å². The van der Waals surface area contributed by atoms with Crippen LogP contribution in [-0.4, -0.2) is 37.0 Å². The number of halogens is 1. The number of nitrogens with zero attached hydrogens (tertiary/aromatic N) is 1. The first-order valence-corrected chi connectivity index (χ1v) is 9.88. The molecular formula is C15H16ClNO3S2. The van der Waals surface area contributed by atoms with Crippen LogP contribution < -0.4 is 0 Å². The molecule has 0 amide bonds. The highest BCUT2D eigenvalue weighted by atomic mass is 35.5. The highest BCUT2D eigenvalue weighted by Crippen LogP contribution is 2.44. The molecule has 0 radical (unpaired) electrons. The topological polar surface area (TPSA) is 57.6 Å². The molecule has 1 aliphatic carbocycles. The summed E-state index contributed by atoms with van der Waals surface area (Å²) in [7, 11) is -3.50. The van der Waals surface area contributed by atoms with Crippen LogP contribution in [0.1, 0.15) is 12.0 Å². The highest BCUT2D eigenvalue weighted by molar-refractivity contribution is 7.91. The molecule has 1 aromatic carbocycles. The second-order valence-electron chi connectivity index (χ2n) is 6.20. The monoisotopic (exact) mass is 357 g/mol. The minimum Gasteiger partial charge on any atom is -0.393 e. The molecule has 3 atom stereocenters. The predicted octanol–water partition coefficient (Wildman–Crippen LogP) is 2.86. The second kappa shape index (κ2) is 4.92. The van der Waals surface area contributed by atoms with Crippen molar-refractivity contribution in [2.24, 2.45) is 11.8 Å². The third kappa shape index (κ3) is 2.05. The van der Waals surface area contributed by atoms with Crippen LogP contribution in [0.15, 0.2) is 22.4 Å². The Morgan fingerprint density at radius 3 is 2.82 bits per heavy atom. The molecule has 4 rings (SSSR count). The number of aliphatic hydroxyl groups is 1. The van der Waals surface area contributed by atoms with E-state index in [2.05, 4.69) is 0 Å². The normalized spacial score (nSPS) is 28.8. The van der Waals surface area contributed by atoms with Crippen molar-refractivity contribution in [2.45, 2.75) is 23.7 Å². The van der Waals surface area contributed by atoms with Gasteiger partial charge in [-0.15, -0.1) is 11.3 Å². The molecule has 0 bridgehead atoms. The van der Waals surface area contributed by atoms with Crippen molar-refractivity contribution >= 4 is 43.0 Å². The summed E-state index contributed by atoms with van der Waals surface area (Å²) < 4.78 is 28.8. The quantitative estimate of drug-likeness (QED) is 0.899. The van der Waals surface area contributed by atoms with E-state index in [9.17, 15) is 13.5 Å². The summed E-state index contributed by atoms with van der Waals surface area (Å²) in [6.07, 6.45) is 0.380. The number of aryl methyl sites for hydroxylation is 1. The van der Waals surface area contributed by atoms with Gasteiger partial charge < -0.3 is 5.11 Å². The fourth-order valence-electron chi connectivity index (χ4n) is 3.56. The lowest BCUT2D eigenvalue weighted by Gasteiger charge is -2.34. The van der Waals surface area contributed by atoms with Gasteiger partial charge in [0, 0.05) is 28.7 Å². The average Bonchev–Trinajstić information content (AvgIpc) is 2.98. The minimum absolute atomic E-state index is 0.110. The highest BCUT2D eigenvalue weighted by Gasteiger charge is 2.50. The van der Waals surface area contributed by atoms with E-state index in [1.165, 1.54) is 15.6 Å². The number of rotatable bonds is 2. The molecule has 4 nitrogen and oxygen atoms in total. The fraction of sp³-hybridized carbons (Fsp3) is 0.467. The van der Waals surface area contributed by atoms with E-state index in [0.717, 1.165) is 22.1 Å². The van der Waals surface area contributed by atoms with Gasteiger partial charge in [-0.1, -0.05) is 11.6 Å². The zero-order chi connectivity index (χ0) is 15.6. The van der Waals surface area contributed by atoms with E-state index in [1.54, 1.807) is 6.07 Å². The summed E-state index contributed by atoms with van der Waals surface area (Å²) >= 11 is 7.32. The molecule has 2 aliphatic rings. The molecule has 1 aromatic heterocycles. The summed E-state index contributed by atoms with van der Waals surface area (Å²) in [5.41, 5.74) is 0.766. The van der Waals surface area contributed by atoms with E-state index >= 15 is 0 Å². The van der Waals surface area contributed by atoms with Crippen LogP contribution in [0.5, 0.6) is 0 Å². The largest absolute Gasteiger partial charge is 0.393 e. The van der Waals surface area contributed by atoms with E-state index in [0.29, 0.717) is 28.2 Å². The third-order valence-corrected chi connectivity index (χ3v) is 8.86. The fourth-order valence-corrected chi connectivity index (χ4v) is 7.15. The number of thiophene rings is 1. The smallest absolute Gasteiger partial charge is 0.252 e. The van der Waals surface area contributed by atoms with Crippen LogP contribution in [0.3, 0.4) is 0 Å². The molecule has 0 spiro atoms. The zero-order valence-electron chi connectivity index (χ0n) is 12.0. The maximum atomic E-state index is 13.0. The van der Waals surface area contributed by atoms with Crippen molar-refractivity contribution in [2.75, 3.05) is 13.1 Å². The van der Waals surface area contributed by atoms with E-state index < -0.39 is 10.0 Å². The van der Waals surface area contributed by atoms with Gasteiger partial charge in [0.15, 0.2) is 0 Å². The number of fused-ring (bicyclic) bond motifs is 2. The van der Waals surface area contributed by atoms with E-state index in [4.69, 9.17) is 11.6 Å². The number of aliphatic hydroxyl groups excluding tert-OH is 1. The molecule has 2 heterocycles. The lowest BCUT2D eigenvalue weighted by atomic mass is 9.74. The number of hydrogen-bond donors (Lipinski definition) is 1. The molecule has 0 unspecified atom stereocenters. The Hall–Kier alpha value is -0.660. The summed E-state index contributed by atoms with van der Waals surface area (Å²) in [6.45, 7) is 2.79. The molecule has 1 saturated carbocycles. The first-order valence-electron chi connectivity index (χ1n) is 7.25.